The number of pyridine rings is 2. The minimum absolute atomic E-state index is 0.163. The van der Waals surface area contributed by atoms with Gasteiger partial charge in [0.1, 0.15) is 11.6 Å². The molecule has 1 atom stereocenters. The Morgan fingerprint density at radius 3 is 2.54 bits per heavy atom. The van der Waals surface area contributed by atoms with E-state index in [1.807, 2.05) is 50.2 Å². The highest BCUT2D eigenvalue weighted by molar-refractivity contribution is 7.84. The summed E-state index contributed by atoms with van der Waals surface area (Å²) < 4.78 is 17.5. The van der Waals surface area contributed by atoms with Crippen LogP contribution in [0, 0.1) is 5.41 Å². The van der Waals surface area contributed by atoms with E-state index in [0.29, 0.717) is 34.3 Å². The van der Waals surface area contributed by atoms with Gasteiger partial charge in [-0.3, -0.25) is 9.19 Å². The summed E-state index contributed by atoms with van der Waals surface area (Å²) >= 11 is 0. The van der Waals surface area contributed by atoms with Crippen molar-refractivity contribution in [3.05, 3.63) is 65.5 Å². The molecule has 0 aliphatic carbocycles. The number of hydrogen-bond acceptors (Lipinski definition) is 7. The van der Waals surface area contributed by atoms with E-state index in [0.717, 1.165) is 36.2 Å². The van der Waals surface area contributed by atoms with Gasteiger partial charge in [0.05, 0.1) is 41.6 Å². The Balaban J connectivity index is 0.00000210. The maximum absolute atomic E-state index is 11.5. The number of nitrogens with one attached hydrogen (secondary N) is 2. The number of benzene rings is 1. The first-order valence-electron chi connectivity index (χ1n) is 12.0. The summed E-state index contributed by atoms with van der Waals surface area (Å²) in [6.45, 7) is 6.27. The van der Waals surface area contributed by atoms with E-state index in [2.05, 4.69) is 17.2 Å². The molecule has 0 radical (unpaired) electrons. The summed E-state index contributed by atoms with van der Waals surface area (Å²) in [7, 11) is -0.980. The average molecular weight is 497 g/mol. The fourth-order valence-corrected chi connectivity index (χ4v) is 3.65. The first-order chi connectivity index (χ1) is 17.0. The number of aryl methyl sites for hydroxylation is 1. The van der Waals surface area contributed by atoms with Gasteiger partial charge in [-0.15, -0.1) is 0 Å². The minimum Gasteiger partial charge on any atom is -0.492 e. The summed E-state index contributed by atoms with van der Waals surface area (Å²) in [5.74, 6) is 1.46. The maximum Gasteiger partial charge on any atom is 0.130 e. The predicted octanol–water partition coefficient (Wildman–Crippen LogP) is 5.50. The lowest BCUT2D eigenvalue weighted by atomic mass is 10.0. The van der Waals surface area contributed by atoms with Crippen LogP contribution in [-0.2, 0) is 23.8 Å². The number of rotatable bonds is 12. The molecule has 0 spiro atoms. The summed E-state index contributed by atoms with van der Waals surface area (Å²) in [4.78, 5) is 9.22. The van der Waals surface area contributed by atoms with Gasteiger partial charge in [-0.05, 0) is 49.2 Å². The normalized spacial score (nSPS) is 11.2. The molecule has 2 heterocycles. The number of hydrogen-bond donors (Lipinski definition) is 3. The van der Waals surface area contributed by atoms with Crippen molar-refractivity contribution >= 4 is 28.5 Å². The number of aliphatic hydroxyl groups is 1. The first-order valence-corrected chi connectivity index (χ1v) is 13.7. The second kappa shape index (κ2) is 15.0. The number of aliphatic hydroxyl groups excluding tert-OH is 1. The fraction of sp³-hybridized carbons (Fsp3) is 0.370. The Labute approximate surface area is 211 Å². The Hall–Kier alpha value is -3.10. The summed E-state index contributed by atoms with van der Waals surface area (Å²) in [5, 5.41) is 20.7. The molecule has 3 aromatic rings. The van der Waals surface area contributed by atoms with Gasteiger partial charge in [-0.1, -0.05) is 39.3 Å². The highest BCUT2D eigenvalue weighted by Gasteiger charge is 2.14. The van der Waals surface area contributed by atoms with E-state index in [4.69, 9.17) is 15.1 Å². The number of ether oxygens (including phenoxy) is 1. The predicted molar refractivity (Wildman–Crippen MR) is 145 cm³/mol. The summed E-state index contributed by atoms with van der Waals surface area (Å²) in [6.07, 6.45) is 5.95. The first kappa shape index (κ1) is 28.1. The van der Waals surface area contributed by atoms with Crippen molar-refractivity contribution in [1.29, 1.82) is 5.41 Å². The Kier molecular flexibility index (Phi) is 12.1. The molecule has 0 amide bonds. The third-order valence-corrected chi connectivity index (χ3v) is 5.78. The lowest BCUT2D eigenvalue weighted by Crippen LogP contribution is -2.09. The van der Waals surface area contributed by atoms with Crippen molar-refractivity contribution in [1.82, 2.24) is 9.97 Å². The second-order valence-corrected chi connectivity index (χ2v) is 9.18. The van der Waals surface area contributed by atoms with Crippen LogP contribution >= 0.6 is 0 Å². The van der Waals surface area contributed by atoms with Crippen molar-refractivity contribution in [2.45, 2.75) is 46.6 Å². The van der Waals surface area contributed by atoms with Crippen LogP contribution in [0.25, 0.3) is 11.3 Å². The molecule has 0 aliphatic heterocycles. The van der Waals surface area contributed by atoms with E-state index >= 15 is 0 Å². The Morgan fingerprint density at radius 1 is 1.11 bits per heavy atom. The number of anilines is 2. The van der Waals surface area contributed by atoms with Crippen LogP contribution in [0.2, 0.25) is 0 Å². The summed E-state index contributed by atoms with van der Waals surface area (Å²) in [5.41, 5.74) is 4.41. The van der Waals surface area contributed by atoms with Crippen molar-refractivity contribution in [3.8, 4) is 17.0 Å². The molecule has 8 heteroatoms. The van der Waals surface area contributed by atoms with Crippen LogP contribution in [-0.4, -0.2) is 44.1 Å². The molecule has 35 heavy (non-hydrogen) atoms. The van der Waals surface area contributed by atoms with Crippen molar-refractivity contribution in [2.24, 2.45) is 0 Å². The van der Waals surface area contributed by atoms with E-state index in [9.17, 15) is 9.32 Å². The average Bonchev–Trinajstić information content (AvgIpc) is 2.88. The zero-order valence-corrected chi connectivity index (χ0v) is 21.8. The topological polar surface area (TPSA) is 108 Å². The van der Waals surface area contributed by atoms with Gasteiger partial charge in [-0.25, -0.2) is 4.98 Å². The highest BCUT2D eigenvalue weighted by Crippen LogP contribution is 2.34. The summed E-state index contributed by atoms with van der Waals surface area (Å²) in [6, 6.07) is 15.1. The molecule has 3 rings (SSSR count). The lowest BCUT2D eigenvalue weighted by Gasteiger charge is -2.17. The molecular weight excluding hydrogens is 460 g/mol. The van der Waals surface area contributed by atoms with Gasteiger partial charge >= 0.3 is 0 Å². The largest absolute Gasteiger partial charge is 0.492 e. The minimum atomic E-state index is -0.980. The standard InChI is InChI=1S/C25H30N4O3S.C2H6/c1-3-4-7-19-8-5-10-22(27-19)18-14-23(29-25-11-6-9-20(17-30)28-25)21(16-26)24(15-18)32-12-13-33(2)31;1-2/h5-6,8-11,14-16,26,30H,3-4,7,12-13,17H2,1-2H3,(H,28,29);1-2H3. The van der Waals surface area contributed by atoms with Crippen molar-refractivity contribution in [2.75, 3.05) is 23.9 Å². The van der Waals surface area contributed by atoms with E-state index < -0.39 is 10.8 Å². The molecule has 2 aromatic heterocycles. The quantitative estimate of drug-likeness (QED) is 0.286. The molecule has 188 valence electrons. The molecule has 1 aromatic carbocycles. The van der Waals surface area contributed by atoms with Crippen LogP contribution in [0.4, 0.5) is 11.5 Å². The van der Waals surface area contributed by atoms with Crippen LogP contribution in [0.5, 0.6) is 5.75 Å². The van der Waals surface area contributed by atoms with Gasteiger partial charge in [0, 0.05) is 34.5 Å². The lowest BCUT2D eigenvalue weighted by molar-refractivity contribution is 0.277. The third-order valence-electron chi connectivity index (χ3n) is 5.04. The van der Waals surface area contributed by atoms with Crippen molar-refractivity contribution in [3.63, 3.8) is 0 Å². The van der Waals surface area contributed by atoms with Gasteiger partial charge in [0.25, 0.3) is 0 Å². The van der Waals surface area contributed by atoms with Gasteiger partial charge in [-0.2, -0.15) is 0 Å². The zero-order valence-electron chi connectivity index (χ0n) is 21.0. The van der Waals surface area contributed by atoms with Crippen LogP contribution in [0.15, 0.2) is 48.5 Å². The van der Waals surface area contributed by atoms with Crippen LogP contribution in [0.3, 0.4) is 0 Å². The zero-order chi connectivity index (χ0) is 25.6. The molecule has 0 saturated carbocycles. The van der Waals surface area contributed by atoms with Crippen LogP contribution in [0.1, 0.15) is 50.6 Å². The second-order valence-electron chi connectivity index (χ2n) is 7.62. The molecule has 0 aliphatic rings. The van der Waals surface area contributed by atoms with Gasteiger partial charge in [0.15, 0.2) is 0 Å². The molecule has 0 fully saturated rings. The SMILES string of the molecule is CC.CCCCc1cccc(-c2cc(Nc3cccc(CO)n3)c(C=N)c(OCCS(C)=O)c2)n1. The number of aromatic nitrogens is 2. The molecular formula is C27H36N4O3S. The van der Waals surface area contributed by atoms with E-state index in [1.165, 1.54) is 6.21 Å². The molecule has 0 bridgehead atoms. The van der Waals surface area contributed by atoms with Gasteiger partial charge < -0.3 is 20.6 Å². The molecule has 3 N–H and O–H groups in total. The molecule has 1 unspecified atom stereocenters. The highest BCUT2D eigenvalue weighted by atomic mass is 32.2. The number of unbranched alkanes of at least 4 members (excludes halogenated alkanes) is 1. The molecule has 0 saturated heterocycles. The molecule has 7 nitrogen and oxygen atoms in total. The monoisotopic (exact) mass is 496 g/mol. The fourth-order valence-electron chi connectivity index (χ4n) is 3.33. The smallest absolute Gasteiger partial charge is 0.130 e. The maximum atomic E-state index is 11.5. The van der Waals surface area contributed by atoms with Gasteiger partial charge in [0.2, 0.25) is 0 Å². The number of nitrogens with zero attached hydrogens (tertiary/aromatic N) is 2. The van der Waals surface area contributed by atoms with Crippen LogP contribution < -0.4 is 10.1 Å². The van der Waals surface area contributed by atoms with Crippen molar-refractivity contribution < 1.29 is 14.1 Å². The Bertz CT molecular complexity index is 1120. The third kappa shape index (κ3) is 8.56. The van der Waals surface area contributed by atoms with E-state index in [-0.39, 0.29) is 13.2 Å². The Morgan fingerprint density at radius 2 is 1.86 bits per heavy atom. The van der Waals surface area contributed by atoms with E-state index in [1.54, 1.807) is 18.4 Å².